The van der Waals surface area contributed by atoms with Crippen molar-refractivity contribution in [3.05, 3.63) is 35.3 Å². The second kappa shape index (κ2) is 7.75. The van der Waals surface area contributed by atoms with Crippen LogP contribution in [0, 0.1) is 5.82 Å². The average Bonchev–Trinajstić information content (AvgIpc) is 2.91. The summed E-state index contributed by atoms with van der Waals surface area (Å²) < 4.78 is 80.2. The number of alkyl halides is 3. The van der Waals surface area contributed by atoms with E-state index in [1.54, 1.807) is 0 Å². The zero-order valence-electron chi connectivity index (χ0n) is 14.2. The molecule has 1 aromatic carbocycles. The number of benzene rings is 1. The van der Waals surface area contributed by atoms with Crippen molar-refractivity contribution in [2.24, 2.45) is 0 Å². The number of aliphatic hydroxyl groups is 1. The van der Waals surface area contributed by atoms with Crippen molar-refractivity contribution in [1.29, 1.82) is 0 Å². The third-order valence-corrected chi connectivity index (χ3v) is 5.28. The summed E-state index contributed by atoms with van der Waals surface area (Å²) in [5.74, 6) is -3.12. The van der Waals surface area contributed by atoms with Gasteiger partial charge in [0.2, 0.25) is 0 Å². The first-order valence-electron chi connectivity index (χ1n) is 7.53. The van der Waals surface area contributed by atoms with Gasteiger partial charge in [0.05, 0.1) is 31.5 Å². The quantitative estimate of drug-likeness (QED) is 0.511. The molecule has 154 valence electrons. The van der Waals surface area contributed by atoms with Crippen molar-refractivity contribution in [2.45, 2.75) is 10.4 Å². The van der Waals surface area contributed by atoms with E-state index in [1.807, 2.05) is 0 Å². The summed E-state index contributed by atoms with van der Waals surface area (Å²) in [5, 5.41) is 11.2. The van der Waals surface area contributed by atoms with E-state index in [0.29, 0.717) is 12.1 Å². The summed E-state index contributed by atoms with van der Waals surface area (Å²) in [6.45, 7) is -0.976. The molecule has 0 radical (unpaired) electrons. The fraction of sp³-hybridized carbons (Fsp3) is 0.333. The Labute approximate surface area is 156 Å². The van der Waals surface area contributed by atoms with Crippen LogP contribution < -0.4 is 5.32 Å². The van der Waals surface area contributed by atoms with E-state index >= 15 is 0 Å². The number of carbonyl (C=O) groups is 2. The number of amides is 1. The van der Waals surface area contributed by atoms with Gasteiger partial charge >= 0.3 is 11.5 Å². The number of hydrogen-bond acceptors (Lipinski definition) is 7. The van der Waals surface area contributed by atoms with Gasteiger partial charge in [-0.15, -0.1) is 0 Å². The van der Waals surface area contributed by atoms with E-state index in [9.17, 15) is 35.6 Å². The normalized spacial score (nSPS) is 15.2. The monoisotopic (exact) mass is 426 g/mol. The fourth-order valence-corrected chi connectivity index (χ4v) is 3.36. The van der Waals surface area contributed by atoms with Crippen LogP contribution in [0.25, 0.3) is 0 Å². The molecule has 0 unspecified atom stereocenters. The first-order valence-corrected chi connectivity index (χ1v) is 9.02. The molecule has 0 aliphatic carbocycles. The number of esters is 1. The van der Waals surface area contributed by atoms with Crippen LogP contribution in [-0.4, -0.2) is 62.6 Å². The Balaban J connectivity index is 2.57. The number of nitrogens with zero attached hydrogens (tertiary/aromatic N) is 1. The number of β-amino-alcohol motifs (C(OH)–C–C–N with tert-alkyl or cyclic N) is 1. The molecule has 0 fully saturated rings. The molecule has 2 rings (SSSR count). The lowest BCUT2D eigenvalue weighted by Gasteiger charge is -2.17. The predicted molar refractivity (Wildman–Crippen MR) is 86.0 cm³/mol. The lowest BCUT2D eigenvalue weighted by atomic mass is 10.2. The van der Waals surface area contributed by atoms with Crippen molar-refractivity contribution < 1.29 is 45.4 Å². The van der Waals surface area contributed by atoms with Crippen LogP contribution >= 0.6 is 0 Å². The highest BCUT2D eigenvalue weighted by molar-refractivity contribution is 7.92. The van der Waals surface area contributed by atoms with Gasteiger partial charge in [0.15, 0.2) is 0 Å². The van der Waals surface area contributed by atoms with Gasteiger partial charge in [0, 0.05) is 6.54 Å². The highest BCUT2D eigenvalue weighted by Gasteiger charge is 2.48. The molecule has 1 aliphatic heterocycles. The van der Waals surface area contributed by atoms with Crippen LogP contribution in [0.15, 0.2) is 34.4 Å². The molecule has 0 saturated carbocycles. The van der Waals surface area contributed by atoms with Gasteiger partial charge in [-0.25, -0.2) is 17.6 Å². The predicted octanol–water partition coefficient (Wildman–Crippen LogP) is 0.793. The van der Waals surface area contributed by atoms with Crippen LogP contribution in [0.4, 0.5) is 23.2 Å². The minimum Gasteiger partial charge on any atom is -0.466 e. The van der Waals surface area contributed by atoms with Crippen LogP contribution in [0.5, 0.6) is 0 Å². The van der Waals surface area contributed by atoms with E-state index in [-0.39, 0.29) is 24.7 Å². The second-order valence-corrected chi connectivity index (χ2v) is 7.42. The fourth-order valence-electron chi connectivity index (χ4n) is 2.43. The largest absolute Gasteiger partial charge is 0.501 e. The van der Waals surface area contributed by atoms with Gasteiger partial charge in [-0.2, -0.15) is 13.2 Å². The minimum atomic E-state index is -5.96. The second-order valence-electron chi connectivity index (χ2n) is 5.51. The third-order valence-electron chi connectivity index (χ3n) is 3.75. The molecule has 2 N–H and O–H groups in total. The standard InChI is InChI=1S/C15H14F4N2O6S/c1-27-14(24)9-7-21(4-5-22)13(23)12(9)20-10-3-2-8(16)6-11(10)28(25,26)15(17,18)19/h2-3,6,20,22H,4-5,7H2,1H3. The zero-order chi connectivity index (χ0) is 21.3. The van der Waals surface area contributed by atoms with Gasteiger partial charge in [0.1, 0.15) is 16.4 Å². The van der Waals surface area contributed by atoms with E-state index in [4.69, 9.17) is 5.11 Å². The lowest BCUT2D eigenvalue weighted by Crippen LogP contribution is -2.31. The first-order chi connectivity index (χ1) is 12.9. The lowest BCUT2D eigenvalue weighted by molar-refractivity contribution is -0.136. The number of rotatable bonds is 6. The van der Waals surface area contributed by atoms with Gasteiger partial charge in [-0.1, -0.05) is 0 Å². The summed E-state index contributed by atoms with van der Waals surface area (Å²) in [6.07, 6.45) is 0. The number of carbonyl (C=O) groups excluding carboxylic acids is 2. The molecular weight excluding hydrogens is 412 g/mol. The van der Waals surface area contributed by atoms with Crippen LogP contribution in [0.1, 0.15) is 0 Å². The molecule has 0 atom stereocenters. The smallest absolute Gasteiger partial charge is 0.466 e. The van der Waals surface area contributed by atoms with Gasteiger partial charge in [0.25, 0.3) is 15.7 Å². The Bertz CT molecular complexity index is 942. The summed E-state index contributed by atoms with van der Waals surface area (Å²) in [6, 6.07) is 1.52. The summed E-state index contributed by atoms with van der Waals surface area (Å²) in [5.41, 5.74) is -7.31. The molecule has 1 heterocycles. The number of methoxy groups -OCH3 is 1. The summed E-state index contributed by atoms with van der Waals surface area (Å²) in [7, 11) is -4.96. The van der Waals surface area contributed by atoms with E-state index in [0.717, 1.165) is 12.0 Å². The molecule has 0 saturated heterocycles. The van der Waals surface area contributed by atoms with Crippen LogP contribution in [-0.2, 0) is 24.2 Å². The highest BCUT2D eigenvalue weighted by atomic mass is 32.2. The maximum absolute atomic E-state index is 13.4. The van der Waals surface area contributed by atoms with Gasteiger partial charge in [-0.05, 0) is 18.2 Å². The number of hydrogen-bond donors (Lipinski definition) is 2. The summed E-state index contributed by atoms with van der Waals surface area (Å²) >= 11 is 0. The van der Waals surface area contributed by atoms with Crippen molar-refractivity contribution in [3.63, 3.8) is 0 Å². The molecule has 0 aromatic heterocycles. The first kappa shape index (κ1) is 21.6. The van der Waals surface area contributed by atoms with E-state index < -0.39 is 55.9 Å². The number of aliphatic hydroxyl groups excluding tert-OH is 1. The topological polar surface area (TPSA) is 113 Å². The number of halogens is 4. The Morgan fingerprint density at radius 2 is 2.00 bits per heavy atom. The third kappa shape index (κ3) is 3.94. The minimum absolute atomic E-state index is 0.147. The number of ether oxygens (including phenoxy) is 1. The molecule has 0 bridgehead atoms. The maximum atomic E-state index is 13.4. The SMILES string of the molecule is COC(=O)C1=C(Nc2ccc(F)cc2S(=O)(=O)C(F)(F)F)C(=O)N(CCO)C1. The Kier molecular flexibility index (Phi) is 5.99. The summed E-state index contributed by atoms with van der Waals surface area (Å²) in [4.78, 5) is 23.8. The van der Waals surface area contributed by atoms with Crippen molar-refractivity contribution in [2.75, 3.05) is 32.1 Å². The Morgan fingerprint density at radius 3 is 2.54 bits per heavy atom. The number of nitrogens with one attached hydrogen (secondary N) is 1. The molecule has 13 heteroatoms. The van der Waals surface area contributed by atoms with Crippen LogP contribution in [0.3, 0.4) is 0 Å². The van der Waals surface area contributed by atoms with E-state index in [1.165, 1.54) is 0 Å². The van der Waals surface area contributed by atoms with Crippen molar-refractivity contribution in [1.82, 2.24) is 4.90 Å². The van der Waals surface area contributed by atoms with Crippen molar-refractivity contribution in [3.8, 4) is 0 Å². The molecule has 0 spiro atoms. The molecule has 1 aromatic rings. The molecule has 8 nitrogen and oxygen atoms in total. The average molecular weight is 426 g/mol. The number of sulfone groups is 1. The van der Waals surface area contributed by atoms with Gasteiger partial charge in [-0.3, -0.25) is 4.79 Å². The van der Waals surface area contributed by atoms with Crippen molar-refractivity contribution >= 4 is 27.4 Å². The molecule has 28 heavy (non-hydrogen) atoms. The molecular formula is C15H14F4N2O6S. The van der Waals surface area contributed by atoms with Crippen LogP contribution in [0.2, 0.25) is 0 Å². The van der Waals surface area contributed by atoms with E-state index in [2.05, 4.69) is 10.1 Å². The Morgan fingerprint density at radius 1 is 1.36 bits per heavy atom. The maximum Gasteiger partial charge on any atom is 0.501 e. The van der Waals surface area contributed by atoms with Gasteiger partial charge < -0.3 is 20.1 Å². The molecule has 1 amide bonds. The molecule has 1 aliphatic rings. The highest BCUT2D eigenvalue weighted by Crippen LogP contribution is 2.36. The zero-order valence-corrected chi connectivity index (χ0v) is 15.0. The number of anilines is 1. The Hall–Kier alpha value is -2.67.